The smallest absolute Gasteiger partial charge is 0.179 e. The van der Waals surface area contributed by atoms with Crippen molar-refractivity contribution < 1.29 is 46.7 Å². The summed E-state index contributed by atoms with van der Waals surface area (Å²) in [4.78, 5) is 17.3. The van der Waals surface area contributed by atoms with Crippen molar-refractivity contribution in [3.8, 4) is 0 Å². The summed E-state index contributed by atoms with van der Waals surface area (Å²) in [7, 11) is -3.22. The SMILES string of the molecule is C[Si](C)(C)O.C[Si](C)(C)O.O.O.[Zr]. The zero-order valence-corrected chi connectivity index (χ0v) is 13.9. The molecular weight excluding hydrogens is 283 g/mol. The van der Waals surface area contributed by atoms with Crippen molar-refractivity contribution in [1.29, 1.82) is 0 Å². The third kappa shape index (κ3) is 1220. The molecular formula is C6H24O4Si2Zr. The van der Waals surface area contributed by atoms with Crippen LogP contribution in [0.2, 0.25) is 39.3 Å². The fourth-order valence-corrected chi connectivity index (χ4v) is 0. The Bertz CT molecular complexity index is 65.6. The molecule has 4 nitrogen and oxygen atoms in total. The molecule has 0 aromatic carbocycles. The van der Waals surface area contributed by atoms with Crippen LogP contribution in [0.25, 0.3) is 0 Å². The van der Waals surface area contributed by atoms with Crippen molar-refractivity contribution in [2.75, 3.05) is 0 Å². The van der Waals surface area contributed by atoms with Gasteiger partial charge in [0.25, 0.3) is 0 Å². The fourth-order valence-electron chi connectivity index (χ4n) is 0. The Hall–Kier alpha value is 1.16. The molecule has 0 unspecified atom stereocenters. The van der Waals surface area contributed by atoms with Crippen LogP contribution < -0.4 is 0 Å². The number of hydrogen-bond donors (Lipinski definition) is 2. The van der Waals surface area contributed by atoms with E-state index in [1.807, 2.05) is 39.3 Å². The normalized spacial score (nSPS) is 9.23. The molecule has 0 aliphatic heterocycles. The van der Waals surface area contributed by atoms with Crippen molar-refractivity contribution in [2.45, 2.75) is 39.3 Å². The van der Waals surface area contributed by atoms with Crippen molar-refractivity contribution >= 4 is 16.6 Å². The number of rotatable bonds is 0. The molecule has 0 aromatic rings. The second kappa shape index (κ2) is 11.2. The molecule has 0 saturated carbocycles. The van der Waals surface area contributed by atoms with Crippen LogP contribution in [-0.2, 0) is 26.2 Å². The minimum Gasteiger partial charge on any atom is -0.433 e. The molecule has 0 amide bonds. The van der Waals surface area contributed by atoms with Gasteiger partial charge in [-0.1, -0.05) is 0 Å². The summed E-state index contributed by atoms with van der Waals surface area (Å²) in [5.74, 6) is 0. The first-order chi connectivity index (χ1) is 4.00. The van der Waals surface area contributed by atoms with Gasteiger partial charge in [-0.05, 0) is 39.3 Å². The van der Waals surface area contributed by atoms with E-state index in [0.29, 0.717) is 0 Å². The summed E-state index contributed by atoms with van der Waals surface area (Å²) < 4.78 is 0. The maximum atomic E-state index is 8.66. The van der Waals surface area contributed by atoms with E-state index in [1.165, 1.54) is 0 Å². The monoisotopic (exact) mass is 306 g/mol. The zero-order valence-electron chi connectivity index (χ0n) is 9.39. The van der Waals surface area contributed by atoms with Gasteiger partial charge in [0.1, 0.15) is 0 Å². The first-order valence-corrected chi connectivity index (χ1v) is 10.3. The molecule has 84 valence electrons. The van der Waals surface area contributed by atoms with Gasteiger partial charge in [-0.2, -0.15) is 0 Å². The standard InChI is InChI=1S/2C3H10OSi.2H2O.Zr/c2*1-5(2,3)4;;;/h2*4H,1-3H3;2*1H2;. The summed E-state index contributed by atoms with van der Waals surface area (Å²) >= 11 is 0. The van der Waals surface area contributed by atoms with Crippen molar-refractivity contribution in [3.05, 3.63) is 0 Å². The molecule has 7 heteroatoms. The van der Waals surface area contributed by atoms with Gasteiger partial charge in [0.2, 0.25) is 0 Å². The van der Waals surface area contributed by atoms with Crippen LogP contribution >= 0.6 is 0 Å². The molecule has 13 heavy (non-hydrogen) atoms. The quantitative estimate of drug-likeness (QED) is 0.614. The van der Waals surface area contributed by atoms with Crippen molar-refractivity contribution in [3.63, 3.8) is 0 Å². The first kappa shape index (κ1) is 29.2. The van der Waals surface area contributed by atoms with Crippen LogP contribution in [0.4, 0.5) is 0 Å². The van der Waals surface area contributed by atoms with E-state index in [1.54, 1.807) is 0 Å². The van der Waals surface area contributed by atoms with E-state index in [-0.39, 0.29) is 37.2 Å². The van der Waals surface area contributed by atoms with Crippen molar-refractivity contribution in [1.82, 2.24) is 0 Å². The molecule has 0 aromatic heterocycles. The Kier molecular flexibility index (Phi) is 25.3. The largest absolute Gasteiger partial charge is 0.433 e. The van der Waals surface area contributed by atoms with E-state index < -0.39 is 16.6 Å². The molecule has 0 rings (SSSR count). The second-order valence-corrected chi connectivity index (χ2v) is 13.0. The van der Waals surface area contributed by atoms with Gasteiger partial charge in [-0.25, -0.2) is 0 Å². The maximum absolute atomic E-state index is 8.66. The summed E-state index contributed by atoms with van der Waals surface area (Å²) in [6.07, 6.45) is 0. The summed E-state index contributed by atoms with van der Waals surface area (Å²) in [6.45, 7) is 11.3. The van der Waals surface area contributed by atoms with E-state index in [0.717, 1.165) is 0 Å². The molecule has 0 fully saturated rings. The van der Waals surface area contributed by atoms with Crippen LogP contribution in [0.15, 0.2) is 0 Å². The number of hydrogen-bond acceptors (Lipinski definition) is 2. The summed E-state index contributed by atoms with van der Waals surface area (Å²) in [6, 6.07) is 0. The predicted molar refractivity (Wildman–Crippen MR) is 58.4 cm³/mol. The molecule has 0 atom stereocenters. The van der Waals surface area contributed by atoms with Crippen LogP contribution in [0.3, 0.4) is 0 Å². The second-order valence-electron chi connectivity index (χ2n) is 4.34. The summed E-state index contributed by atoms with van der Waals surface area (Å²) in [5.41, 5.74) is 0. The Labute approximate surface area is 102 Å². The fraction of sp³-hybridized carbons (Fsp3) is 1.00. The maximum Gasteiger partial charge on any atom is 0.179 e. The van der Waals surface area contributed by atoms with Gasteiger partial charge in [0, 0.05) is 26.2 Å². The minimum absolute atomic E-state index is 0. The molecule has 0 radical (unpaired) electrons. The molecule has 0 aliphatic carbocycles. The predicted octanol–water partition coefficient (Wildman–Crippen LogP) is -0.0247. The molecule has 0 spiro atoms. The van der Waals surface area contributed by atoms with Crippen LogP contribution in [0.1, 0.15) is 0 Å². The Balaban J connectivity index is -0.0000000267. The Morgan fingerprint density at radius 3 is 0.615 bits per heavy atom. The first-order valence-electron chi connectivity index (χ1n) is 3.45. The molecule has 0 saturated heterocycles. The van der Waals surface area contributed by atoms with E-state index >= 15 is 0 Å². The van der Waals surface area contributed by atoms with E-state index in [4.69, 9.17) is 9.59 Å². The minimum atomic E-state index is -1.61. The Morgan fingerprint density at radius 1 is 0.615 bits per heavy atom. The molecule has 0 bridgehead atoms. The topological polar surface area (TPSA) is 103 Å². The van der Waals surface area contributed by atoms with Crippen LogP contribution in [0, 0.1) is 0 Å². The van der Waals surface area contributed by atoms with Gasteiger partial charge in [-0.15, -0.1) is 0 Å². The average molecular weight is 308 g/mol. The van der Waals surface area contributed by atoms with Crippen molar-refractivity contribution in [2.24, 2.45) is 0 Å². The third-order valence-corrected chi connectivity index (χ3v) is 0. The molecule has 0 heterocycles. The van der Waals surface area contributed by atoms with E-state index in [9.17, 15) is 0 Å². The van der Waals surface area contributed by atoms with Crippen LogP contribution in [-0.4, -0.2) is 37.2 Å². The third-order valence-electron chi connectivity index (χ3n) is 0. The van der Waals surface area contributed by atoms with Gasteiger partial charge in [-0.3, -0.25) is 0 Å². The van der Waals surface area contributed by atoms with Gasteiger partial charge < -0.3 is 20.5 Å². The molecule has 0 aliphatic rings. The summed E-state index contributed by atoms with van der Waals surface area (Å²) in [5, 5.41) is 0. The van der Waals surface area contributed by atoms with Crippen LogP contribution in [0.5, 0.6) is 0 Å². The zero-order chi connectivity index (χ0) is 9.00. The van der Waals surface area contributed by atoms with Gasteiger partial charge >= 0.3 is 0 Å². The van der Waals surface area contributed by atoms with E-state index in [2.05, 4.69) is 0 Å². The average Bonchev–Trinajstić information content (AvgIpc) is 1.12. The van der Waals surface area contributed by atoms with Gasteiger partial charge in [0.15, 0.2) is 16.6 Å². The molecule has 6 N–H and O–H groups in total. The van der Waals surface area contributed by atoms with Gasteiger partial charge in [0.05, 0.1) is 0 Å². The Morgan fingerprint density at radius 2 is 0.615 bits per heavy atom.